The summed E-state index contributed by atoms with van der Waals surface area (Å²) in [6.07, 6.45) is 1.59. The highest BCUT2D eigenvalue weighted by molar-refractivity contribution is 6.10. The first kappa shape index (κ1) is 17.2. The Bertz CT molecular complexity index is 1090. The molecule has 3 nitrogen and oxygen atoms in total. The Labute approximate surface area is 159 Å². The molecule has 0 bridgehead atoms. The van der Waals surface area contributed by atoms with Crippen molar-refractivity contribution in [2.75, 3.05) is 0 Å². The molecule has 0 fully saturated rings. The molecule has 3 aromatic carbocycles. The molecule has 3 heteroatoms. The molecule has 0 spiro atoms. The first-order chi connectivity index (χ1) is 13.2. The van der Waals surface area contributed by atoms with Crippen LogP contribution in [0.25, 0.3) is 16.7 Å². The van der Waals surface area contributed by atoms with Crippen molar-refractivity contribution in [3.05, 3.63) is 102 Å². The molecular weight excluding hydrogens is 332 g/mol. The zero-order chi connectivity index (χ0) is 18.8. The number of imidazole rings is 1. The smallest absolute Gasteiger partial charge is 0.193 e. The molecule has 0 aliphatic carbocycles. The summed E-state index contributed by atoms with van der Waals surface area (Å²) in [4.78, 5) is 17.5. The molecule has 27 heavy (non-hydrogen) atoms. The van der Waals surface area contributed by atoms with Crippen molar-refractivity contribution in [2.24, 2.45) is 0 Å². The highest BCUT2D eigenvalue weighted by atomic mass is 16.1. The number of nitrogens with zero attached hydrogens (tertiary/aromatic N) is 2. The lowest BCUT2D eigenvalue weighted by Gasteiger charge is -2.09. The van der Waals surface area contributed by atoms with Gasteiger partial charge in [-0.05, 0) is 49.2 Å². The van der Waals surface area contributed by atoms with Crippen LogP contribution in [0.15, 0.2) is 72.8 Å². The summed E-state index contributed by atoms with van der Waals surface area (Å²) in [5, 5.41) is 0. The van der Waals surface area contributed by atoms with E-state index in [1.807, 2.05) is 48.5 Å². The van der Waals surface area contributed by atoms with Crippen LogP contribution < -0.4 is 0 Å². The highest BCUT2D eigenvalue weighted by Crippen LogP contribution is 2.24. The fourth-order valence-electron chi connectivity index (χ4n) is 3.36. The number of ketones is 1. The number of hydrogen-bond acceptors (Lipinski definition) is 2. The quantitative estimate of drug-likeness (QED) is 0.463. The van der Waals surface area contributed by atoms with Gasteiger partial charge in [0.05, 0.1) is 11.0 Å². The van der Waals surface area contributed by atoms with Crippen LogP contribution >= 0.6 is 0 Å². The van der Waals surface area contributed by atoms with Gasteiger partial charge >= 0.3 is 0 Å². The van der Waals surface area contributed by atoms with E-state index in [1.54, 1.807) is 0 Å². The van der Waals surface area contributed by atoms with Gasteiger partial charge in [-0.1, -0.05) is 49.4 Å². The molecular formula is C24H21N2O. The number of fused-ring (bicyclic) bond motifs is 1. The van der Waals surface area contributed by atoms with Crippen LogP contribution in [0.1, 0.15) is 34.2 Å². The van der Waals surface area contributed by atoms with Gasteiger partial charge in [0, 0.05) is 23.2 Å². The van der Waals surface area contributed by atoms with Gasteiger partial charge in [-0.3, -0.25) is 9.36 Å². The standard InChI is InChI=1S/C24H21N2O/c1-3-17-10-13-20(14-11-17)26-22-15-12-19(16-21(22)25-23(26)4-2)24(27)18-8-6-5-7-9-18/h5-16H,1,3-4H2,2H3. The number of carbonyl (C=O) groups excluding carboxylic acids is 1. The molecule has 133 valence electrons. The molecule has 1 radical (unpaired) electrons. The van der Waals surface area contributed by atoms with Crippen LogP contribution in [0, 0.1) is 6.92 Å². The first-order valence-electron chi connectivity index (χ1n) is 9.21. The topological polar surface area (TPSA) is 34.9 Å². The van der Waals surface area contributed by atoms with Crippen molar-refractivity contribution in [2.45, 2.75) is 19.8 Å². The number of aromatic nitrogens is 2. The first-order valence-corrected chi connectivity index (χ1v) is 9.21. The summed E-state index contributed by atoms with van der Waals surface area (Å²) in [7, 11) is 0. The molecule has 0 atom stereocenters. The lowest BCUT2D eigenvalue weighted by Crippen LogP contribution is -2.01. The molecule has 1 aromatic heterocycles. The summed E-state index contributed by atoms with van der Waals surface area (Å²) in [5.74, 6) is 1.00. The van der Waals surface area contributed by atoms with Gasteiger partial charge in [-0.25, -0.2) is 4.98 Å². The zero-order valence-corrected chi connectivity index (χ0v) is 15.4. The average molecular weight is 353 g/mol. The van der Waals surface area contributed by atoms with E-state index in [2.05, 4.69) is 42.7 Å². The predicted octanol–water partition coefficient (Wildman–Crippen LogP) is 5.20. The Morgan fingerprint density at radius 3 is 2.37 bits per heavy atom. The molecule has 0 aliphatic rings. The van der Waals surface area contributed by atoms with Gasteiger partial charge in [-0.15, -0.1) is 0 Å². The molecule has 0 amide bonds. The molecule has 0 saturated heterocycles. The number of benzene rings is 3. The largest absolute Gasteiger partial charge is 0.296 e. The fourth-order valence-corrected chi connectivity index (χ4v) is 3.36. The van der Waals surface area contributed by atoms with Gasteiger partial charge in [0.2, 0.25) is 0 Å². The maximum atomic E-state index is 12.8. The van der Waals surface area contributed by atoms with E-state index in [0.29, 0.717) is 11.1 Å². The maximum Gasteiger partial charge on any atom is 0.193 e. The number of aryl methyl sites for hydroxylation is 1. The molecule has 0 N–H and O–H groups in total. The molecule has 4 rings (SSSR count). The number of rotatable bonds is 5. The molecule has 0 unspecified atom stereocenters. The second kappa shape index (κ2) is 7.20. The van der Waals surface area contributed by atoms with E-state index in [1.165, 1.54) is 5.56 Å². The highest BCUT2D eigenvalue weighted by Gasteiger charge is 2.15. The molecule has 0 aliphatic heterocycles. The third-order valence-electron chi connectivity index (χ3n) is 4.82. The summed E-state index contributed by atoms with van der Waals surface area (Å²) in [6, 6.07) is 23.5. The number of hydrogen-bond donors (Lipinski definition) is 0. The second-order valence-electron chi connectivity index (χ2n) is 6.53. The van der Waals surface area contributed by atoms with Crippen LogP contribution in [-0.2, 0) is 12.8 Å². The van der Waals surface area contributed by atoms with Crippen molar-refractivity contribution < 1.29 is 4.79 Å². The van der Waals surface area contributed by atoms with Crippen LogP contribution in [0.3, 0.4) is 0 Å². The average Bonchev–Trinajstić information content (AvgIpc) is 3.11. The summed E-state index contributed by atoms with van der Waals surface area (Å²) in [5.41, 5.74) is 5.49. The summed E-state index contributed by atoms with van der Waals surface area (Å²) in [6.45, 7) is 6.03. The maximum absolute atomic E-state index is 12.8. The minimum Gasteiger partial charge on any atom is -0.296 e. The van der Waals surface area contributed by atoms with Crippen molar-refractivity contribution in [1.82, 2.24) is 9.55 Å². The normalized spacial score (nSPS) is 11.0. The Hall–Kier alpha value is -3.20. The van der Waals surface area contributed by atoms with E-state index < -0.39 is 0 Å². The lowest BCUT2D eigenvalue weighted by molar-refractivity contribution is 0.103. The van der Waals surface area contributed by atoms with Crippen LogP contribution in [0.5, 0.6) is 0 Å². The third kappa shape index (κ3) is 3.17. The van der Waals surface area contributed by atoms with Gasteiger partial charge in [0.25, 0.3) is 0 Å². The Morgan fingerprint density at radius 2 is 1.70 bits per heavy atom. The van der Waals surface area contributed by atoms with Gasteiger partial charge in [0.15, 0.2) is 5.78 Å². The number of carbonyl (C=O) groups is 1. The zero-order valence-electron chi connectivity index (χ0n) is 15.4. The lowest BCUT2D eigenvalue weighted by atomic mass is 10.0. The van der Waals surface area contributed by atoms with Crippen LogP contribution in [-0.4, -0.2) is 15.3 Å². The van der Waals surface area contributed by atoms with E-state index in [0.717, 1.165) is 35.4 Å². The SMILES string of the molecule is [CH2]Cc1ccc(-n2c(CC)nc3cc(C(=O)c4ccccc4)ccc32)cc1. The van der Waals surface area contributed by atoms with Crippen molar-refractivity contribution >= 4 is 16.8 Å². The molecule has 0 saturated carbocycles. The van der Waals surface area contributed by atoms with Crippen molar-refractivity contribution in [3.8, 4) is 5.69 Å². The van der Waals surface area contributed by atoms with E-state index in [4.69, 9.17) is 4.98 Å². The third-order valence-corrected chi connectivity index (χ3v) is 4.82. The fraction of sp³-hybridized carbons (Fsp3) is 0.125. The van der Waals surface area contributed by atoms with E-state index in [9.17, 15) is 4.79 Å². The Balaban J connectivity index is 1.80. The van der Waals surface area contributed by atoms with Gasteiger partial charge < -0.3 is 0 Å². The van der Waals surface area contributed by atoms with Crippen LogP contribution in [0.4, 0.5) is 0 Å². The molecule has 4 aromatic rings. The van der Waals surface area contributed by atoms with Crippen molar-refractivity contribution in [3.63, 3.8) is 0 Å². The van der Waals surface area contributed by atoms with Gasteiger partial charge in [-0.2, -0.15) is 0 Å². The minimum atomic E-state index is 0.0184. The Morgan fingerprint density at radius 1 is 0.963 bits per heavy atom. The van der Waals surface area contributed by atoms with Crippen molar-refractivity contribution in [1.29, 1.82) is 0 Å². The van der Waals surface area contributed by atoms with Crippen LogP contribution in [0.2, 0.25) is 0 Å². The van der Waals surface area contributed by atoms with E-state index >= 15 is 0 Å². The predicted molar refractivity (Wildman–Crippen MR) is 109 cm³/mol. The summed E-state index contributed by atoms with van der Waals surface area (Å²) < 4.78 is 2.17. The Kier molecular flexibility index (Phi) is 4.59. The second-order valence-corrected chi connectivity index (χ2v) is 6.53. The monoisotopic (exact) mass is 353 g/mol. The molecule has 1 heterocycles. The van der Waals surface area contributed by atoms with Gasteiger partial charge in [0.1, 0.15) is 5.82 Å². The van der Waals surface area contributed by atoms with E-state index in [-0.39, 0.29) is 5.78 Å². The summed E-state index contributed by atoms with van der Waals surface area (Å²) >= 11 is 0. The minimum absolute atomic E-state index is 0.0184.